The summed E-state index contributed by atoms with van der Waals surface area (Å²) in [6, 6.07) is -0.302. The van der Waals surface area contributed by atoms with Crippen molar-refractivity contribution in [2.24, 2.45) is 0 Å². The van der Waals surface area contributed by atoms with Gasteiger partial charge in [-0.1, -0.05) is 0 Å². The molecule has 2 saturated heterocycles. The maximum Gasteiger partial charge on any atom is 0.317 e. The summed E-state index contributed by atoms with van der Waals surface area (Å²) in [7, 11) is 0. The number of fused-ring (bicyclic) bond motifs is 1. The van der Waals surface area contributed by atoms with E-state index in [1.165, 1.54) is 4.90 Å². The van der Waals surface area contributed by atoms with Crippen LogP contribution in [0.1, 0.15) is 19.3 Å². The third-order valence-corrected chi connectivity index (χ3v) is 3.59. The van der Waals surface area contributed by atoms with Crippen LogP contribution in [0.4, 0.5) is 0 Å². The molecule has 7 nitrogen and oxygen atoms in total. The van der Waals surface area contributed by atoms with E-state index in [-0.39, 0.29) is 37.5 Å². The van der Waals surface area contributed by atoms with Gasteiger partial charge in [0.25, 0.3) is 0 Å². The zero-order chi connectivity index (χ0) is 13.3. The first-order valence-electron chi connectivity index (χ1n) is 5.96. The maximum atomic E-state index is 11.7. The van der Waals surface area contributed by atoms with Crippen molar-refractivity contribution >= 4 is 17.8 Å². The Morgan fingerprint density at radius 3 is 2.44 bits per heavy atom. The Morgan fingerprint density at radius 1 is 1.28 bits per heavy atom. The van der Waals surface area contributed by atoms with Gasteiger partial charge in [-0.15, -0.1) is 0 Å². The van der Waals surface area contributed by atoms with Gasteiger partial charge in [0.1, 0.15) is 0 Å². The number of carboxylic acid groups (broad SMARTS) is 2. The van der Waals surface area contributed by atoms with Crippen molar-refractivity contribution in [2.45, 2.75) is 31.3 Å². The second kappa shape index (κ2) is 4.93. The van der Waals surface area contributed by atoms with Crippen molar-refractivity contribution < 1.29 is 24.6 Å². The third-order valence-electron chi connectivity index (χ3n) is 3.59. The first-order chi connectivity index (χ1) is 8.49. The molecule has 100 valence electrons. The van der Waals surface area contributed by atoms with E-state index in [9.17, 15) is 14.4 Å². The van der Waals surface area contributed by atoms with Gasteiger partial charge in [0, 0.05) is 25.0 Å². The lowest BCUT2D eigenvalue weighted by atomic mass is 10.0. The van der Waals surface area contributed by atoms with E-state index >= 15 is 0 Å². The van der Waals surface area contributed by atoms with Crippen molar-refractivity contribution in [3.05, 3.63) is 0 Å². The Balaban J connectivity index is 2.12. The topological polar surface area (TPSA) is 98.1 Å². The van der Waals surface area contributed by atoms with E-state index in [0.717, 1.165) is 12.8 Å². The number of carboxylic acids is 2. The van der Waals surface area contributed by atoms with Crippen LogP contribution in [0.3, 0.4) is 0 Å². The molecular weight excluding hydrogens is 240 g/mol. The molecule has 0 bridgehead atoms. The normalized spacial score (nSPS) is 26.7. The highest BCUT2D eigenvalue weighted by molar-refractivity contribution is 5.81. The number of hydrogen-bond acceptors (Lipinski definition) is 4. The molecule has 7 heteroatoms. The number of amides is 1. The highest BCUT2D eigenvalue weighted by Gasteiger charge is 2.45. The molecule has 0 aromatic carbocycles. The SMILES string of the molecule is O=C(O)CN(CC(=O)O)C1CC(=O)N2CCCC12. The summed E-state index contributed by atoms with van der Waals surface area (Å²) < 4.78 is 0. The maximum absolute atomic E-state index is 11.7. The Labute approximate surface area is 104 Å². The highest BCUT2D eigenvalue weighted by atomic mass is 16.4. The third kappa shape index (κ3) is 2.45. The Hall–Kier alpha value is -1.63. The van der Waals surface area contributed by atoms with Crippen molar-refractivity contribution in [1.82, 2.24) is 9.80 Å². The summed E-state index contributed by atoms with van der Waals surface area (Å²) in [6.07, 6.45) is 1.96. The molecule has 2 unspecified atom stereocenters. The molecule has 18 heavy (non-hydrogen) atoms. The van der Waals surface area contributed by atoms with Crippen LogP contribution < -0.4 is 0 Å². The number of aliphatic carboxylic acids is 2. The van der Waals surface area contributed by atoms with Crippen LogP contribution in [0.25, 0.3) is 0 Å². The fraction of sp³-hybridized carbons (Fsp3) is 0.727. The molecule has 0 aromatic rings. The van der Waals surface area contributed by atoms with Crippen LogP contribution in [-0.4, -0.2) is 69.6 Å². The second-order valence-electron chi connectivity index (χ2n) is 4.76. The predicted octanol–water partition coefficient (Wildman–Crippen LogP) is -0.779. The van der Waals surface area contributed by atoms with E-state index in [2.05, 4.69) is 0 Å². The summed E-state index contributed by atoms with van der Waals surface area (Å²) in [5.41, 5.74) is 0. The molecule has 2 aliphatic rings. The first kappa shape index (κ1) is 12.8. The van der Waals surface area contributed by atoms with Gasteiger partial charge in [0.2, 0.25) is 5.91 Å². The lowest BCUT2D eigenvalue weighted by molar-refractivity contribution is -0.143. The van der Waals surface area contributed by atoms with E-state index in [1.54, 1.807) is 4.90 Å². The van der Waals surface area contributed by atoms with Gasteiger partial charge < -0.3 is 15.1 Å². The molecule has 2 aliphatic heterocycles. The molecule has 2 N–H and O–H groups in total. The number of hydrogen-bond donors (Lipinski definition) is 2. The molecule has 0 saturated carbocycles. The smallest absolute Gasteiger partial charge is 0.317 e. The van der Waals surface area contributed by atoms with Crippen LogP contribution in [0.5, 0.6) is 0 Å². The lowest BCUT2D eigenvalue weighted by Gasteiger charge is -2.29. The van der Waals surface area contributed by atoms with Crippen LogP contribution in [-0.2, 0) is 14.4 Å². The molecule has 2 rings (SSSR count). The Morgan fingerprint density at radius 2 is 1.89 bits per heavy atom. The molecular formula is C11H16N2O5. The predicted molar refractivity (Wildman–Crippen MR) is 60.0 cm³/mol. The van der Waals surface area contributed by atoms with Crippen LogP contribution >= 0.6 is 0 Å². The molecule has 0 radical (unpaired) electrons. The van der Waals surface area contributed by atoms with E-state index < -0.39 is 11.9 Å². The lowest BCUT2D eigenvalue weighted by Crippen LogP contribution is -2.47. The van der Waals surface area contributed by atoms with Gasteiger partial charge in [0.15, 0.2) is 0 Å². The minimum atomic E-state index is -1.07. The number of carbonyl (C=O) groups excluding carboxylic acids is 1. The quantitative estimate of drug-likeness (QED) is 0.669. The van der Waals surface area contributed by atoms with E-state index in [0.29, 0.717) is 6.54 Å². The fourth-order valence-corrected chi connectivity index (χ4v) is 2.94. The minimum absolute atomic E-state index is 0.00303. The van der Waals surface area contributed by atoms with Crippen molar-refractivity contribution in [3.8, 4) is 0 Å². The monoisotopic (exact) mass is 256 g/mol. The molecule has 1 amide bonds. The van der Waals surface area contributed by atoms with Crippen molar-refractivity contribution in [3.63, 3.8) is 0 Å². The Bertz CT molecular complexity index is 368. The Kier molecular flexibility index (Phi) is 3.51. The summed E-state index contributed by atoms with van der Waals surface area (Å²) in [5, 5.41) is 17.7. The number of nitrogens with zero attached hydrogens (tertiary/aromatic N) is 2. The number of carbonyl (C=O) groups is 3. The molecule has 0 aliphatic carbocycles. The van der Waals surface area contributed by atoms with Crippen LogP contribution in [0.15, 0.2) is 0 Å². The molecule has 2 fully saturated rings. The van der Waals surface area contributed by atoms with Gasteiger partial charge >= 0.3 is 11.9 Å². The standard InChI is InChI=1S/C11H16N2O5/c14-9-4-8(7-2-1-3-13(7)9)12(5-10(15)16)6-11(17)18/h7-8H,1-6H2,(H,15,16)(H,17,18). The van der Waals surface area contributed by atoms with Crippen molar-refractivity contribution in [2.75, 3.05) is 19.6 Å². The van der Waals surface area contributed by atoms with Gasteiger partial charge in [-0.05, 0) is 12.8 Å². The summed E-state index contributed by atoms with van der Waals surface area (Å²) in [4.78, 5) is 36.5. The first-order valence-corrected chi connectivity index (χ1v) is 5.96. The van der Waals surface area contributed by atoms with E-state index in [1.807, 2.05) is 0 Å². The summed E-state index contributed by atoms with van der Waals surface area (Å²) in [5.74, 6) is -2.14. The zero-order valence-electron chi connectivity index (χ0n) is 9.91. The van der Waals surface area contributed by atoms with Crippen LogP contribution in [0.2, 0.25) is 0 Å². The minimum Gasteiger partial charge on any atom is -0.480 e. The zero-order valence-corrected chi connectivity index (χ0v) is 9.91. The number of rotatable bonds is 5. The van der Waals surface area contributed by atoms with Crippen molar-refractivity contribution in [1.29, 1.82) is 0 Å². The molecule has 0 spiro atoms. The van der Waals surface area contributed by atoms with Crippen LogP contribution in [0, 0.1) is 0 Å². The molecule has 0 aromatic heterocycles. The summed E-state index contributed by atoms with van der Waals surface area (Å²) >= 11 is 0. The highest BCUT2D eigenvalue weighted by Crippen LogP contribution is 2.32. The van der Waals surface area contributed by atoms with Gasteiger partial charge in [-0.3, -0.25) is 19.3 Å². The average molecular weight is 256 g/mol. The van der Waals surface area contributed by atoms with E-state index in [4.69, 9.17) is 10.2 Å². The average Bonchev–Trinajstić information content (AvgIpc) is 2.80. The fourth-order valence-electron chi connectivity index (χ4n) is 2.94. The molecule has 2 heterocycles. The second-order valence-corrected chi connectivity index (χ2v) is 4.76. The van der Waals surface area contributed by atoms with Gasteiger partial charge in [-0.25, -0.2) is 0 Å². The van der Waals surface area contributed by atoms with Gasteiger partial charge in [-0.2, -0.15) is 0 Å². The largest absolute Gasteiger partial charge is 0.480 e. The molecule has 2 atom stereocenters. The van der Waals surface area contributed by atoms with Gasteiger partial charge in [0.05, 0.1) is 13.1 Å². The summed E-state index contributed by atoms with van der Waals surface area (Å²) in [6.45, 7) is 0.0250.